The Bertz CT molecular complexity index is 618. The summed E-state index contributed by atoms with van der Waals surface area (Å²) in [6.45, 7) is 1.96. The fourth-order valence-electron chi connectivity index (χ4n) is 3.79. The van der Waals surface area contributed by atoms with Crippen molar-refractivity contribution in [2.45, 2.75) is 35.3 Å². The van der Waals surface area contributed by atoms with E-state index in [2.05, 4.69) is 6.07 Å². The molecule has 0 bridgehead atoms. The minimum Gasteiger partial charge on any atom is -0.379 e. The van der Waals surface area contributed by atoms with Crippen molar-refractivity contribution in [3.63, 3.8) is 0 Å². The van der Waals surface area contributed by atoms with Crippen molar-refractivity contribution < 1.29 is 13.2 Å². The second kappa shape index (κ2) is 4.53. The first kappa shape index (κ1) is 13.2. The molecule has 0 radical (unpaired) electrons. The molecule has 1 aliphatic heterocycles. The van der Waals surface area contributed by atoms with Crippen LogP contribution in [-0.4, -0.2) is 39.0 Å². The van der Waals surface area contributed by atoms with Gasteiger partial charge in [0, 0.05) is 23.4 Å². The van der Waals surface area contributed by atoms with Crippen LogP contribution in [0.2, 0.25) is 0 Å². The van der Waals surface area contributed by atoms with Gasteiger partial charge < -0.3 is 4.74 Å². The molecule has 3 aliphatic rings. The lowest BCUT2D eigenvalue weighted by atomic mass is 10.0. The van der Waals surface area contributed by atoms with Crippen LogP contribution in [0.15, 0.2) is 16.3 Å². The molecule has 1 aromatic rings. The largest absolute Gasteiger partial charge is 0.379 e. The number of sulfonamides is 1. The molecule has 20 heavy (non-hydrogen) atoms. The highest BCUT2D eigenvalue weighted by molar-refractivity contribution is 7.91. The van der Waals surface area contributed by atoms with Gasteiger partial charge in [0.2, 0.25) is 0 Å². The lowest BCUT2D eigenvalue weighted by molar-refractivity contribution is 0.0731. The molecule has 0 spiro atoms. The van der Waals surface area contributed by atoms with Crippen molar-refractivity contribution >= 4 is 21.4 Å². The zero-order chi connectivity index (χ0) is 13.8. The smallest absolute Gasteiger partial charge is 0.252 e. The van der Waals surface area contributed by atoms with Gasteiger partial charge in [0.25, 0.3) is 10.0 Å². The lowest BCUT2D eigenvalue weighted by Crippen LogP contribution is -2.40. The third kappa shape index (κ3) is 1.89. The fraction of sp³-hybridized carbons (Fsp3) is 0.714. The highest BCUT2D eigenvalue weighted by Crippen LogP contribution is 2.65. The molecule has 0 amide bonds. The summed E-state index contributed by atoms with van der Waals surface area (Å²) in [5, 5.41) is 0. The van der Waals surface area contributed by atoms with Gasteiger partial charge in [-0.3, -0.25) is 0 Å². The molecule has 110 valence electrons. The van der Waals surface area contributed by atoms with Gasteiger partial charge in [0.15, 0.2) is 0 Å². The minimum atomic E-state index is -3.31. The average Bonchev–Trinajstić information content (AvgIpc) is 2.86. The average molecular weight is 313 g/mol. The number of thiophene rings is 1. The zero-order valence-electron chi connectivity index (χ0n) is 11.4. The van der Waals surface area contributed by atoms with Crippen LogP contribution in [0.1, 0.15) is 30.6 Å². The first-order chi connectivity index (χ1) is 9.63. The number of ether oxygens (including phenoxy) is 1. The van der Waals surface area contributed by atoms with Gasteiger partial charge in [-0.1, -0.05) is 6.42 Å². The van der Waals surface area contributed by atoms with Crippen molar-refractivity contribution in [3.8, 4) is 0 Å². The maximum Gasteiger partial charge on any atom is 0.252 e. The van der Waals surface area contributed by atoms with Crippen molar-refractivity contribution in [2.24, 2.45) is 5.92 Å². The molecule has 0 N–H and O–H groups in total. The molecular weight excluding hydrogens is 294 g/mol. The molecule has 2 aliphatic carbocycles. The van der Waals surface area contributed by atoms with Crippen LogP contribution in [0.5, 0.6) is 0 Å². The maximum atomic E-state index is 12.6. The zero-order valence-corrected chi connectivity index (χ0v) is 13.0. The molecule has 4 nitrogen and oxygen atoms in total. The van der Waals surface area contributed by atoms with Crippen molar-refractivity contribution in [1.82, 2.24) is 4.31 Å². The van der Waals surface area contributed by atoms with Crippen LogP contribution in [0.4, 0.5) is 0 Å². The minimum absolute atomic E-state index is 0.351. The van der Waals surface area contributed by atoms with Crippen LogP contribution in [0, 0.1) is 5.92 Å². The van der Waals surface area contributed by atoms with Crippen LogP contribution >= 0.6 is 11.3 Å². The number of morpholine rings is 1. The van der Waals surface area contributed by atoms with Gasteiger partial charge in [0.1, 0.15) is 4.21 Å². The van der Waals surface area contributed by atoms with Crippen LogP contribution in [-0.2, 0) is 20.2 Å². The number of nitrogens with zero attached hydrogens (tertiary/aromatic N) is 1. The third-order valence-electron chi connectivity index (χ3n) is 5.04. The number of hydrogen-bond donors (Lipinski definition) is 0. The van der Waals surface area contributed by atoms with Crippen molar-refractivity contribution in [2.75, 3.05) is 26.3 Å². The molecule has 1 aromatic heterocycles. The van der Waals surface area contributed by atoms with E-state index in [1.54, 1.807) is 4.31 Å². The highest BCUT2D eigenvalue weighted by atomic mass is 32.2. The molecule has 2 heterocycles. The van der Waals surface area contributed by atoms with Crippen LogP contribution < -0.4 is 0 Å². The topological polar surface area (TPSA) is 46.6 Å². The SMILES string of the molecule is O=S(=O)(c1ccc(C23CCCC2C3)s1)N1CCOCC1. The standard InChI is InChI=1S/C14H19NO3S2/c16-20(17,15-6-8-18-9-7-15)13-4-3-12(19-13)14-5-1-2-11(14)10-14/h3-4,11H,1-2,5-10H2. The van der Waals surface area contributed by atoms with E-state index in [9.17, 15) is 8.42 Å². The van der Waals surface area contributed by atoms with Crippen LogP contribution in [0.25, 0.3) is 0 Å². The summed E-state index contributed by atoms with van der Waals surface area (Å²) in [6.07, 6.45) is 5.14. The predicted molar refractivity (Wildman–Crippen MR) is 77.5 cm³/mol. The normalized spacial score (nSPS) is 34.1. The second-order valence-electron chi connectivity index (χ2n) is 6.08. The Morgan fingerprint density at radius 2 is 2.10 bits per heavy atom. The Labute approximate surface area is 123 Å². The lowest BCUT2D eigenvalue weighted by Gasteiger charge is -2.25. The summed E-state index contributed by atoms with van der Waals surface area (Å²) >= 11 is 1.50. The molecule has 1 saturated heterocycles. The summed E-state index contributed by atoms with van der Waals surface area (Å²) in [7, 11) is -3.31. The molecule has 2 unspecified atom stereocenters. The van der Waals surface area contributed by atoms with E-state index < -0.39 is 10.0 Å². The molecule has 0 aromatic carbocycles. The van der Waals surface area contributed by atoms with Crippen molar-refractivity contribution in [1.29, 1.82) is 0 Å². The summed E-state index contributed by atoms with van der Waals surface area (Å²) < 4.78 is 32.5. The Kier molecular flexibility index (Phi) is 3.00. The van der Waals surface area contributed by atoms with E-state index in [-0.39, 0.29) is 0 Å². The van der Waals surface area contributed by atoms with E-state index in [0.717, 1.165) is 5.92 Å². The number of rotatable bonds is 3. The summed E-state index contributed by atoms with van der Waals surface area (Å²) in [6, 6.07) is 3.87. The first-order valence-corrected chi connectivity index (χ1v) is 9.57. The maximum absolute atomic E-state index is 12.6. The van der Waals surface area contributed by atoms with E-state index in [1.807, 2.05) is 6.07 Å². The molecule has 6 heteroatoms. The van der Waals surface area contributed by atoms with E-state index in [1.165, 1.54) is 41.9 Å². The van der Waals surface area contributed by atoms with Gasteiger partial charge >= 0.3 is 0 Å². The highest BCUT2D eigenvalue weighted by Gasteiger charge is 2.58. The Balaban J connectivity index is 1.61. The molecule has 2 saturated carbocycles. The number of fused-ring (bicyclic) bond motifs is 1. The monoisotopic (exact) mass is 313 g/mol. The third-order valence-corrected chi connectivity index (χ3v) is 8.71. The first-order valence-electron chi connectivity index (χ1n) is 7.31. The van der Waals surface area contributed by atoms with Gasteiger partial charge in [0.05, 0.1) is 13.2 Å². The van der Waals surface area contributed by atoms with Gasteiger partial charge in [-0.15, -0.1) is 11.3 Å². The summed E-state index contributed by atoms with van der Waals surface area (Å²) in [5.41, 5.74) is 0.351. The van der Waals surface area contributed by atoms with Crippen LogP contribution in [0.3, 0.4) is 0 Å². The van der Waals surface area contributed by atoms with Gasteiger partial charge in [-0.2, -0.15) is 4.31 Å². The van der Waals surface area contributed by atoms with E-state index >= 15 is 0 Å². The van der Waals surface area contributed by atoms with Gasteiger partial charge in [-0.25, -0.2) is 8.42 Å². The van der Waals surface area contributed by atoms with Crippen molar-refractivity contribution in [3.05, 3.63) is 17.0 Å². The molecule has 2 atom stereocenters. The quantitative estimate of drug-likeness (QED) is 0.859. The summed E-state index contributed by atoms with van der Waals surface area (Å²) in [5.74, 6) is 0.820. The number of hydrogen-bond acceptors (Lipinski definition) is 4. The Morgan fingerprint density at radius 3 is 2.75 bits per heavy atom. The fourth-order valence-corrected chi connectivity index (χ4v) is 6.97. The predicted octanol–water partition coefficient (Wildman–Crippen LogP) is 2.21. The summed E-state index contributed by atoms with van der Waals surface area (Å²) in [4.78, 5) is 1.30. The second-order valence-corrected chi connectivity index (χ2v) is 9.33. The Hall–Kier alpha value is -0.430. The molecule has 3 fully saturated rings. The van der Waals surface area contributed by atoms with Gasteiger partial charge in [-0.05, 0) is 37.3 Å². The molecular formula is C14H19NO3S2. The molecule has 4 rings (SSSR count). The van der Waals surface area contributed by atoms with E-state index in [0.29, 0.717) is 35.9 Å². The Morgan fingerprint density at radius 1 is 1.30 bits per heavy atom. The van der Waals surface area contributed by atoms with E-state index in [4.69, 9.17) is 4.74 Å².